The van der Waals surface area contributed by atoms with Crippen molar-refractivity contribution in [3.05, 3.63) is 29.8 Å². The van der Waals surface area contributed by atoms with Crippen LogP contribution in [0.5, 0.6) is 5.75 Å². The lowest BCUT2D eigenvalue weighted by Gasteiger charge is -2.24. The highest BCUT2D eigenvalue weighted by atomic mass is 35.5. The van der Waals surface area contributed by atoms with Gasteiger partial charge in [0.2, 0.25) is 5.24 Å². The predicted octanol–water partition coefficient (Wildman–Crippen LogP) is 3.50. The van der Waals surface area contributed by atoms with E-state index in [9.17, 15) is 9.59 Å². The number of benzene rings is 1. The van der Waals surface area contributed by atoms with E-state index in [0.717, 1.165) is 18.4 Å². The summed E-state index contributed by atoms with van der Waals surface area (Å²) >= 11 is 5.29. The Morgan fingerprint density at radius 2 is 1.81 bits per heavy atom. The molecule has 4 nitrogen and oxygen atoms in total. The Morgan fingerprint density at radius 3 is 2.33 bits per heavy atom. The van der Waals surface area contributed by atoms with Gasteiger partial charge in [0.15, 0.2) is 5.60 Å². The van der Waals surface area contributed by atoms with Crippen LogP contribution in [0.15, 0.2) is 24.3 Å². The molecular formula is C16H21ClO4. The molecule has 21 heavy (non-hydrogen) atoms. The molecule has 0 amide bonds. The van der Waals surface area contributed by atoms with Gasteiger partial charge in [0.05, 0.1) is 6.61 Å². The van der Waals surface area contributed by atoms with Gasteiger partial charge in [0.1, 0.15) is 5.75 Å². The molecule has 0 saturated heterocycles. The Morgan fingerprint density at radius 1 is 1.19 bits per heavy atom. The SMILES string of the molecule is CCOC(=O)C(C)(C)Oc1ccc(CCCC(=O)Cl)cc1. The van der Waals surface area contributed by atoms with Gasteiger partial charge in [-0.2, -0.15) is 0 Å². The third kappa shape index (κ3) is 6.17. The van der Waals surface area contributed by atoms with Crippen molar-refractivity contribution in [3.8, 4) is 5.75 Å². The zero-order valence-corrected chi connectivity index (χ0v) is 13.4. The maximum atomic E-state index is 11.7. The first-order chi connectivity index (χ1) is 9.85. The van der Waals surface area contributed by atoms with Gasteiger partial charge < -0.3 is 9.47 Å². The lowest BCUT2D eigenvalue weighted by Crippen LogP contribution is -2.39. The number of carbonyl (C=O) groups is 2. The van der Waals surface area contributed by atoms with E-state index in [2.05, 4.69) is 0 Å². The van der Waals surface area contributed by atoms with E-state index in [1.807, 2.05) is 12.1 Å². The first-order valence-electron chi connectivity index (χ1n) is 6.98. The van der Waals surface area contributed by atoms with Crippen LogP contribution < -0.4 is 4.74 Å². The van der Waals surface area contributed by atoms with Crippen molar-refractivity contribution < 1.29 is 19.1 Å². The highest BCUT2D eigenvalue weighted by Crippen LogP contribution is 2.21. The maximum Gasteiger partial charge on any atom is 0.349 e. The zero-order valence-electron chi connectivity index (χ0n) is 12.6. The zero-order chi connectivity index (χ0) is 15.9. The Balaban J connectivity index is 2.57. The van der Waals surface area contributed by atoms with Gasteiger partial charge in [0.25, 0.3) is 0 Å². The van der Waals surface area contributed by atoms with Crippen molar-refractivity contribution in [2.75, 3.05) is 6.61 Å². The Hall–Kier alpha value is -1.55. The minimum Gasteiger partial charge on any atom is -0.476 e. The summed E-state index contributed by atoms with van der Waals surface area (Å²) in [7, 11) is 0. The minimum atomic E-state index is -1.03. The van der Waals surface area contributed by atoms with E-state index in [4.69, 9.17) is 21.1 Å². The lowest BCUT2D eigenvalue weighted by atomic mass is 10.1. The normalized spacial score (nSPS) is 11.0. The van der Waals surface area contributed by atoms with Gasteiger partial charge in [-0.25, -0.2) is 4.79 Å². The van der Waals surface area contributed by atoms with E-state index in [-0.39, 0.29) is 5.24 Å². The summed E-state index contributed by atoms with van der Waals surface area (Å²) in [4.78, 5) is 22.4. The predicted molar refractivity (Wildman–Crippen MR) is 81.6 cm³/mol. The van der Waals surface area contributed by atoms with Crippen molar-refractivity contribution in [1.82, 2.24) is 0 Å². The number of aryl methyl sites for hydroxylation is 1. The molecule has 0 saturated carbocycles. The van der Waals surface area contributed by atoms with Crippen LogP contribution in [0.2, 0.25) is 0 Å². The van der Waals surface area contributed by atoms with Crippen LogP contribution in [0.1, 0.15) is 39.2 Å². The summed E-state index contributed by atoms with van der Waals surface area (Å²) in [6.07, 6.45) is 1.87. The molecular weight excluding hydrogens is 292 g/mol. The molecule has 0 aliphatic carbocycles. The van der Waals surface area contributed by atoms with Gasteiger partial charge in [-0.15, -0.1) is 0 Å². The van der Waals surface area contributed by atoms with Crippen LogP contribution in [-0.4, -0.2) is 23.4 Å². The highest BCUT2D eigenvalue weighted by molar-refractivity contribution is 6.63. The molecule has 1 rings (SSSR count). The third-order valence-electron chi connectivity index (χ3n) is 2.90. The first-order valence-corrected chi connectivity index (χ1v) is 7.36. The van der Waals surface area contributed by atoms with Crippen LogP contribution in [-0.2, 0) is 20.7 Å². The Labute approximate surface area is 130 Å². The average molecular weight is 313 g/mol. The van der Waals surface area contributed by atoms with E-state index in [1.54, 1.807) is 32.9 Å². The Bertz CT molecular complexity index is 480. The van der Waals surface area contributed by atoms with E-state index < -0.39 is 11.6 Å². The summed E-state index contributed by atoms with van der Waals surface area (Å²) in [6.45, 7) is 5.42. The van der Waals surface area contributed by atoms with Gasteiger partial charge >= 0.3 is 5.97 Å². The van der Waals surface area contributed by atoms with Gasteiger partial charge in [-0.3, -0.25) is 4.79 Å². The smallest absolute Gasteiger partial charge is 0.349 e. The van der Waals surface area contributed by atoms with Gasteiger partial charge in [-0.1, -0.05) is 12.1 Å². The molecule has 0 aliphatic heterocycles. The summed E-state index contributed by atoms with van der Waals surface area (Å²) in [5.74, 6) is 0.208. The lowest BCUT2D eigenvalue weighted by molar-refractivity contribution is -0.158. The molecule has 5 heteroatoms. The fourth-order valence-electron chi connectivity index (χ4n) is 1.80. The van der Waals surface area contributed by atoms with Crippen molar-refractivity contribution in [1.29, 1.82) is 0 Å². The largest absolute Gasteiger partial charge is 0.476 e. The fraction of sp³-hybridized carbons (Fsp3) is 0.500. The molecule has 1 aromatic rings. The molecule has 116 valence electrons. The third-order valence-corrected chi connectivity index (χ3v) is 3.09. The second-order valence-electron chi connectivity index (χ2n) is 5.19. The van der Waals surface area contributed by atoms with Gasteiger partial charge in [-0.05, 0) is 62.9 Å². The van der Waals surface area contributed by atoms with E-state index in [0.29, 0.717) is 18.8 Å². The van der Waals surface area contributed by atoms with Crippen molar-refractivity contribution in [3.63, 3.8) is 0 Å². The molecule has 0 fully saturated rings. The van der Waals surface area contributed by atoms with Gasteiger partial charge in [0, 0.05) is 6.42 Å². The van der Waals surface area contributed by atoms with Crippen molar-refractivity contribution >= 4 is 22.8 Å². The molecule has 0 radical (unpaired) electrons. The summed E-state index contributed by atoms with van der Waals surface area (Å²) in [6, 6.07) is 7.43. The highest BCUT2D eigenvalue weighted by Gasteiger charge is 2.31. The second-order valence-corrected chi connectivity index (χ2v) is 5.61. The monoisotopic (exact) mass is 312 g/mol. The number of hydrogen-bond donors (Lipinski definition) is 0. The molecule has 1 aromatic carbocycles. The van der Waals surface area contributed by atoms with E-state index >= 15 is 0 Å². The molecule has 0 aromatic heterocycles. The molecule has 0 unspecified atom stereocenters. The second kappa shape index (κ2) is 8.03. The fourth-order valence-corrected chi connectivity index (χ4v) is 1.93. The van der Waals surface area contributed by atoms with Crippen LogP contribution >= 0.6 is 11.6 Å². The molecule has 0 N–H and O–H groups in total. The summed E-state index contributed by atoms with van der Waals surface area (Å²) in [5, 5.41) is -0.314. The number of rotatable bonds is 8. The molecule has 0 spiro atoms. The molecule has 0 bridgehead atoms. The first kappa shape index (κ1) is 17.5. The topological polar surface area (TPSA) is 52.6 Å². The van der Waals surface area contributed by atoms with Crippen LogP contribution in [0.25, 0.3) is 0 Å². The summed E-state index contributed by atoms with van der Waals surface area (Å²) in [5.41, 5.74) is 0.0666. The number of carbonyl (C=O) groups excluding carboxylic acids is 2. The maximum absolute atomic E-state index is 11.7. The van der Waals surface area contributed by atoms with E-state index in [1.165, 1.54) is 0 Å². The number of hydrogen-bond acceptors (Lipinski definition) is 4. The number of halogens is 1. The van der Waals surface area contributed by atoms with Crippen LogP contribution in [0.3, 0.4) is 0 Å². The van der Waals surface area contributed by atoms with Crippen LogP contribution in [0.4, 0.5) is 0 Å². The number of ether oxygens (including phenoxy) is 2. The number of esters is 1. The molecule has 0 aliphatic rings. The molecule has 0 atom stereocenters. The minimum absolute atomic E-state index is 0.314. The molecule has 0 heterocycles. The van der Waals surface area contributed by atoms with Crippen LogP contribution in [0, 0.1) is 0 Å². The summed E-state index contributed by atoms with van der Waals surface area (Å²) < 4.78 is 10.6. The van der Waals surface area contributed by atoms with Crippen molar-refractivity contribution in [2.24, 2.45) is 0 Å². The van der Waals surface area contributed by atoms with Crippen molar-refractivity contribution in [2.45, 2.75) is 45.6 Å². The quantitative estimate of drug-likeness (QED) is 0.544. The standard InChI is InChI=1S/C16H21ClO4/c1-4-20-15(19)16(2,3)21-13-10-8-12(9-11-13)6-5-7-14(17)18/h8-11H,4-7H2,1-3H3. The average Bonchev–Trinajstić information content (AvgIpc) is 2.40. The Kier molecular flexibility index (Phi) is 6.69.